The van der Waals surface area contributed by atoms with Crippen LogP contribution in [0.4, 0.5) is 5.69 Å². The van der Waals surface area contributed by atoms with Gasteiger partial charge in [0.2, 0.25) is 5.91 Å². The van der Waals surface area contributed by atoms with E-state index >= 15 is 0 Å². The molecule has 3 N–H and O–H groups in total. The lowest BCUT2D eigenvalue weighted by molar-refractivity contribution is -0.117. The average molecular weight is 392 g/mol. The van der Waals surface area contributed by atoms with Crippen molar-refractivity contribution in [1.29, 1.82) is 0 Å². The molecule has 0 saturated heterocycles. The van der Waals surface area contributed by atoms with Gasteiger partial charge in [-0.05, 0) is 58.9 Å². The van der Waals surface area contributed by atoms with E-state index in [0.29, 0.717) is 18.9 Å². The maximum Gasteiger partial charge on any atom is 0.224 e. The number of anilines is 1. The molecule has 1 amide bonds. The number of nitrogens with two attached hydrogens (primary N) is 1. The van der Waals surface area contributed by atoms with E-state index in [-0.39, 0.29) is 11.8 Å². The predicted octanol–water partition coefficient (Wildman–Crippen LogP) is 4.16. The third-order valence-corrected chi connectivity index (χ3v) is 4.00. The average Bonchev–Trinajstić information content (AvgIpc) is 2.32. The maximum atomic E-state index is 12.0. The molecule has 3 nitrogen and oxygen atoms in total. The fourth-order valence-electron chi connectivity index (χ4n) is 1.99. The van der Waals surface area contributed by atoms with Gasteiger partial charge in [0.15, 0.2) is 0 Å². The number of hydrogen-bond acceptors (Lipinski definition) is 2. The Labute approximate surface area is 131 Å². The first-order chi connectivity index (χ1) is 8.92. The van der Waals surface area contributed by atoms with Crippen molar-refractivity contribution in [2.24, 2.45) is 17.6 Å². The Kier molecular flexibility index (Phi) is 7.04. The molecule has 0 radical (unpaired) electrons. The van der Waals surface area contributed by atoms with E-state index in [1.165, 1.54) is 0 Å². The van der Waals surface area contributed by atoms with Crippen LogP contribution in [0.3, 0.4) is 0 Å². The SMILES string of the molecule is CC(C)CC(CN)CC(=O)Nc1cc(Br)ccc1Br. The Morgan fingerprint density at radius 1 is 1.37 bits per heavy atom. The van der Waals surface area contributed by atoms with Gasteiger partial charge < -0.3 is 11.1 Å². The van der Waals surface area contributed by atoms with E-state index in [1.54, 1.807) is 0 Å². The number of carbonyl (C=O) groups excluding carboxylic acids is 1. The summed E-state index contributed by atoms with van der Waals surface area (Å²) in [5.41, 5.74) is 6.50. The predicted molar refractivity (Wildman–Crippen MR) is 87.1 cm³/mol. The molecule has 1 aromatic carbocycles. The Balaban J connectivity index is 2.61. The molecule has 0 saturated carbocycles. The van der Waals surface area contributed by atoms with Crippen molar-refractivity contribution in [1.82, 2.24) is 0 Å². The standard InChI is InChI=1S/C14H20Br2N2O/c1-9(2)5-10(8-17)6-14(19)18-13-7-11(15)3-4-12(13)16/h3-4,7,9-10H,5-6,8,17H2,1-2H3,(H,18,19). The molecule has 0 spiro atoms. The minimum absolute atomic E-state index is 0.00917. The summed E-state index contributed by atoms with van der Waals surface area (Å²) in [4.78, 5) is 12.0. The Hall–Kier alpha value is -0.390. The molecule has 1 atom stereocenters. The van der Waals surface area contributed by atoms with Crippen LogP contribution in [0.5, 0.6) is 0 Å². The van der Waals surface area contributed by atoms with Gasteiger partial charge in [-0.15, -0.1) is 0 Å². The number of halogens is 2. The minimum Gasteiger partial charge on any atom is -0.330 e. The molecular formula is C14H20Br2N2O. The van der Waals surface area contributed by atoms with Crippen molar-refractivity contribution in [3.8, 4) is 0 Å². The fourth-order valence-corrected chi connectivity index (χ4v) is 2.69. The third-order valence-electron chi connectivity index (χ3n) is 2.81. The smallest absolute Gasteiger partial charge is 0.224 e. The Morgan fingerprint density at radius 3 is 2.63 bits per heavy atom. The second kappa shape index (κ2) is 8.02. The van der Waals surface area contributed by atoms with Gasteiger partial charge in [0.05, 0.1) is 5.69 Å². The summed E-state index contributed by atoms with van der Waals surface area (Å²) in [6, 6.07) is 5.69. The van der Waals surface area contributed by atoms with Crippen LogP contribution >= 0.6 is 31.9 Å². The fraction of sp³-hybridized carbons (Fsp3) is 0.500. The van der Waals surface area contributed by atoms with Crippen LogP contribution in [0, 0.1) is 11.8 Å². The molecule has 0 bridgehead atoms. The van der Waals surface area contributed by atoms with E-state index in [2.05, 4.69) is 51.0 Å². The highest BCUT2D eigenvalue weighted by atomic mass is 79.9. The third kappa shape index (κ3) is 6.06. The molecule has 0 heterocycles. The minimum atomic E-state index is 0.00917. The highest BCUT2D eigenvalue weighted by molar-refractivity contribution is 9.11. The number of nitrogens with one attached hydrogen (secondary N) is 1. The van der Waals surface area contributed by atoms with Crippen molar-refractivity contribution in [3.63, 3.8) is 0 Å². The van der Waals surface area contributed by atoms with E-state index < -0.39 is 0 Å². The van der Waals surface area contributed by atoms with Crippen LogP contribution in [0.15, 0.2) is 27.1 Å². The van der Waals surface area contributed by atoms with Gasteiger partial charge in [-0.3, -0.25) is 4.79 Å². The Morgan fingerprint density at radius 2 is 2.05 bits per heavy atom. The first kappa shape index (κ1) is 16.7. The zero-order chi connectivity index (χ0) is 14.4. The lowest BCUT2D eigenvalue weighted by Crippen LogP contribution is -2.23. The summed E-state index contributed by atoms with van der Waals surface area (Å²) >= 11 is 6.81. The first-order valence-electron chi connectivity index (χ1n) is 6.37. The van der Waals surface area contributed by atoms with Gasteiger partial charge in [0, 0.05) is 15.4 Å². The lowest BCUT2D eigenvalue weighted by Gasteiger charge is -2.17. The van der Waals surface area contributed by atoms with Crippen LogP contribution in [0.25, 0.3) is 0 Å². The molecule has 0 aliphatic rings. The largest absolute Gasteiger partial charge is 0.330 e. The lowest BCUT2D eigenvalue weighted by atomic mass is 9.94. The van der Waals surface area contributed by atoms with Crippen molar-refractivity contribution in [2.75, 3.05) is 11.9 Å². The molecule has 19 heavy (non-hydrogen) atoms. The zero-order valence-corrected chi connectivity index (χ0v) is 14.4. The van der Waals surface area contributed by atoms with Crippen LogP contribution in [0.1, 0.15) is 26.7 Å². The van der Waals surface area contributed by atoms with Gasteiger partial charge in [0.1, 0.15) is 0 Å². The normalized spacial score (nSPS) is 12.5. The highest BCUT2D eigenvalue weighted by Crippen LogP contribution is 2.26. The van der Waals surface area contributed by atoms with Crippen LogP contribution in [-0.2, 0) is 4.79 Å². The maximum absolute atomic E-state index is 12.0. The number of rotatable bonds is 6. The Bertz CT molecular complexity index is 435. The second-order valence-electron chi connectivity index (χ2n) is 5.11. The van der Waals surface area contributed by atoms with E-state index in [4.69, 9.17) is 5.73 Å². The summed E-state index contributed by atoms with van der Waals surface area (Å²) in [7, 11) is 0. The zero-order valence-electron chi connectivity index (χ0n) is 11.2. The molecular weight excluding hydrogens is 372 g/mol. The number of benzene rings is 1. The topological polar surface area (TPSA) is 55.1 Å². The summed E-state index contributed by atoms with van der Waals surface area (Å²) in [6.45, 7) is 4.84. The summed E-state index contributed by atoms with van der Waals surface area (Å²) in [5.74, 6) is 0.805. The molecule has 1 aromatic rings. The van der Waals surface area contributed by atoms with Crippen molar-refractivity contribution < 1.29 is 4.79 Å². The van der Waals surface area contributed by atoms with Crippen LogP contribution < -0.4 is 11.1 Å². The molecule has 106 valence electrons. The van der Waals surface area contributed by atoms with Gasteiger partial charge in [-0.1, -0.05) is 29.8 Å². The highest BCUT2D eigenvalue weighted by Gasteiger charge is 2.15. The van der Waals surface area contributed by atoms with Crippen molar-refractivity contribution in [3.05, 3.63) is 27.1 Å². The summed E-state index contributed by atoms with van der Waals surface area (Å²) in [5, 5.41) is 2.92. The summed E-state index contributed by atoms with van der Waals surface area (Å²) in [6.07, 6.45) is 1.44. The molecule has 0 aromatic heterocycles. The second-order valence-corrected chi connectivity index (χ2v) is 6.88. The molecule has 1 rings (SSSR count). The number of amides is 1. The quantitative estimate of drug-likeness (QED) is 0.764. The monoisotopic (exact) mass is 390 g/mol. The van der Waals surface area contributed by atoms with Gasteiger partial charge >= 0.3 is 0 Å². The van der Waals surface area contributed by atoms with Gasteiger partial charge in [-0.2, -0.15) is 0 Å². The molecule has 5 heteroatoms. The molecule has 0 aliphatic heterocycles. The van der Waals surface area contributed by atoms with Gasteiger partial charge in [-0.25, -0.2) is 0 Å². The first-order valence-corrected chi connectivity index (χ1v) is 7.96. The number of carbonyl (C=O) groups is 1. The van der Waals surface area contributed by atoms with Crippen molar-refractivity contribution in [2.45, 2.75) is 26.7 Å². The van der Waals surface area contributed by atoms with Crippen molar-refractivity contribution >= 4 is 43.5 Å². The molecule has 0 aliphatic carbocycles. The van der Waals surface area contributed by atoms with E-state index in [9.17, 15) is 4.79 Å². The van der Waals surface area contributed by atoms with Crippen LogP contribution in [0.2, 0.25) is 0 Å². The molecule has 1 unspecified atom stereocenters. The van der Waals surface area contributed by atoms with E-state index in [0.717, 1.165) is 21.1 Å². The number of hydrogen-bond donors (Lipinski definition) is 2. The van der Waals surface area contributed by atoms with Gasteiger partial charge in [0.25, 0.3) is 0 Å². The van der Waals surface area contributed by atoms with Crippen LogP contribution in [-0.4, -0.2) is 12.5 Å². The molecule has 0 fully saturated rings. The summed E-state index contributed by atoms with van der Waals surface area (Å²) < 4.78 is 1.81. The van der Waals surface area contributed by atoms with E-state index in [1.807, 2.05) is 18.2 Å².